The lowest BCUT2D eigenvalue weighted by Gasteiger charge is -2.27. The summed E-state index contributed by atoms with van der Waals surface area (Å²) >= 11 is 0. The van der Waals surface area contributed by atoms with Gasteiger partial charge in [0.25, 0.3) is 0 Å². The summed E-state index contributed by atoms with van der Waals surface area (Å²) in [4.78, 5) is 11.4. The first-order chi connectivity index (χ1) is 16.7. The Balaban J connectivity index is 0.000000771. The molecular weight excluding hydrogens is 426 g/mol. The highest BCUT2D eigenvalue weighted by Gasteiger charge is 2.24. The second-order valence-electron chi connectivity index (χ2n) is 8.20. The topological polar surface area (TPSA) is 93.3 Å². The first kappa shape index (κ1) is 25.8. The number of aromatic nitrogens is 3. The predicted molar refractivity (Wildman–Crippen MR) is 142 cm³/mol. The van der Waals surface area contributed by atoms with Gasteiger partial charge in [-0.15, -0.1) is 0 Å². The van der Waals surface area contributed by atoms with Crippen molar-refractivity contribution in [3.05, 3.63) is 41.6 Å². The Morgan fingerprint density at radius 1 is 1.06 bits per heavy atom. The molecule has 0 bridgehead atoms. The maximum atomic E-state index is 5.92. The number of nitrogen functional groups attached to an aromatic ring is 1. The number of nitrogens with one attached hydrogen (secondary N) is 2. The molecule has 3 heterocycles. The van der Waals surface area contributed by atoms with Crippen LogP contribution in [0, 0.1) is 0 Å². The number of piperazine rings is 1. The minimum atomic E-state index is 0.304. The van der Waals surface area contributed by atoms with Gasteiger partial charge in [0.15, 0.2) is 5.82 Å². The molecule has 1 aliphatic heterocycles. The van der Waals surface area contributed by atoms with E-state index in [-0.39, 0.29) is 0 Å². The fraction of sp³-hybridized carbons (Fsp3) is 0.538. The summed E-state index contributed by atoms with van der Waals surface area (Å²) in [7, 11) is 1.74. The molecule has 2 aliphatic rings. The molecule has 186 valence electrons. The Hall–Kier alpha value is -2.84. The Labute approximate surface area is 203 Å². The van der Waals surface area contributed by atoms with Crippen molar-refractivity contribution in [2.75, 3.05) is 44.3 Å². The third-order valence-corrected chi connectivity index (χ3v) is 5.85. The molecule has 34 heavy (non-hydrogen) atoms. The maximum absolute atomic E-state index is 5.92. The second-order valence-corrected chi connectivity index (χ2v) is 8.20. The van der Waals surface area contributed by atoms with Crippen LogP contribution in [0.4, 0.5) is 11.8 Å². The van der Waals surface area contributed by atoms with E-state index in [1.165, 1.54) is 18.4 Å². The highest BCUT2D eigenvalue weighted by atomic mass is 16.5. The van der Waals surface area contributed by atoms with E-state index < -0.39 is 0 Å². The molecule has 0 amide bonds. The number of hydrogen-bond donors (Lipinski definition) is 3. The van der Waals surface area contributed by atoms with Crippen molar-refractivity contribution in [2.24, 2.45) is 0 Å². The largest absolute Gasteiger partial charge is 0.496 e. The van der Waals surface area contributed by atoms with E-state index in [0.29, 0.717) is 18.5 Å². The molecule has 1 aliphatic carbocycles. The quantitative estimate of drug-likeness (QED) is 0.482. The van der Waals surface area contributed by atoms with Gasteiger partial charge in [0.2, 0.25) is 5.95 Å². The normalized spacial score (nSPS) is 15.7. The molecule has 3 aromatic rings. The Bertz CT molecular complexity index is 1040. The van der Waals surface area contributed by atoms with Crippen molar-refractivity contribution in [1.82, 2.24) is 24.8 Å². The van der Waals surface area contributed by atoms with Crippen LogP contribution in [0.3, 0.4) is 0 Å². The summed E-state index contributed by atoms with van der Waals surface area (Å²) in [6.45, 7) is 13.9. The van der Waals surface area contributed by atoms with Gasteiger partial charge in [-0.25, -0.2) is 4.98 Å². The van der Waals surface area contributed by atoms with E-state index in [2.05, 4.69) is 48.3 Å². The van der Waals surface area contributed by atoms with Crippen LogP contribution < -0.4 is 21.1 Å². The lowest BCUT2D eigenvalue weighted by Crippen LogP contribution is -2.42. The van der Waals surface area contributed by atoms with E-state index in [4.69, 9.17) is 10.5 Å². The van der Waals surface area contributed by atoms with Crippen molar-refractivity contribution < 1.29 is 4.74 Å². The van der Waals surface area contributed by atoms with Gasteiger partial charge >= 0.3 is 0 Å². The fourth-order valence-electron chi connectivity index (χ4n) is 4.11. The Kier molecular flexibility index (Phi) is 9.53. The predicted octanol–water partition coefficient (Wildman–Crippen LogP) is 4.10. The van der Waals surface area contributed by atoms with Crippen molar-refractivity contribution in [3.63, 3.8) is 0 Å². The molecular formula is C26H41N7O. The molecule has 8 heteroatoms. The number of methoxy groups -OCH3 is 1. The zero-order chi connectivity index (χ0) is 24.5. The van der Waals surface area contributed by atoms with Gasteiger partial charge in [0.1, 0.15) is 11.3 Å². The minimum Gasteiger partial charge on any atom is -0.496 e. The average Bonchev–Trinajstić information content (AvgIpc) is 3.61. The van der Waals surface area contributed by atoms with E-state index in [0.717, 1.165) is 60.9 Å². The summed E-state index contributed by atoms with van der Waals surface area (Å²) in [6.07, 6.45) is 4.40. The van der Waals surface area contributed by atoms with Gasteiger partial charge < -0.3 is 25.7 Å². The zero-order valence-electron chi connectivity index (χ0n) is 21.4. The van der Waals surface area contributed by atoms with Gasteiger partial charge in [-0.05, 0) is 30.5 Å². The number of nitrogens with two attached hydrogens (primary N) is 1. The van der Waals surface area contributed by atoms with E-state index in [1.807, 2.05) is 40.0 Å². The molecule has 0 spiro atoms. The first-order valence-electron chi connectivity index (χ1n) is 12.7. The van der Waals surface area contributed by atoms with Crippen LogP contribution >= 0.6 is 0 Å². The van der Waals surface area contributed by atoms with Crippen molar-refractivity contribution >= 4 is 22.8 Å². The van der Waals surface area contributed by atoms with Crippen LogP contribution in [0.25, 0.3) is 11.0 Å². The highest BCUT2D eigenvalue weighted by Crippen LogP contribution is 2.30. The number of anilines is 2. The summed E-state index contributed by atoms with van der Waals surface area (Å²) in [5, 5.41) is 6.90. The number of rotatable bonds is 7. The highest BCUT2D eigenvalue weighted by molar-refractivity contribution is 5.88. The van der Waals surface area contributed by atoms with E-state index in [9.17, 15) is 0 Å². The van der Waals surface area contributed by atoms with Crippen LogP contribution in [-0.2, 0) is 13.1 Å². The number of hydrogen-bond acceptors (Lipinski definition) is 7. The smallest absolute Gasteiger partial charge is 0.222 e. The van der Waals surface area contributed by atoms with Crippen molar-refractivity contribution in [1.29, 1.82) is 0 Å². The van der Waals surface area contributed by atoms with E-state index >= 15 is 0 Å². The van der Waals surface area contributed by atoms with Crippen LogP contribution in [-0.4, -0.2) is 58.8 Å². The summed E-state index contributed by atoms with van der Waals surface area (Å²) in [6, 6.07) is 9.04. The van der Waals surface area contributed by atoms with E-state index in [1.54, 1.807) is 7.11 Å². The molecule has 1 saturated carbocycles. The minimum absolute atomic E-state index is 0.304. The molecule has 4 N–H and O–H groups in total. The first-order valence-corrected chi connectivity index (χ1v) is 12.7. The van der Waals surface area contributed by atoms with Crippen LogP contribution in [0.15, 0.2) is 30.5 Å². The Morgan fingerprint density at radius 3 is 2.47 bits per heavy atom. The van der Waals surface area contributed by atoms with Crippen LogP contribution in [0.1, 0.15) is 51.7 Å². The standard InChI is InChI=1S/C22H29N7O.2C2H6/c1-30-19-12-15(13-28-10-7-24-8-11-28)2-3-16(19)14-29-9-6-18-20(29)21(25-17-4-5-17)27-22(23)26-18;2*1-2/h2-3,6,9,12,17,24H,4-5,7-8,10-11,13-14H2,1H3,(H3,23,25,26,27);2*1-2H3. The summed E-state index contributed by atoms with van der Waals surface area (Å²) in [5.74, 6) is 2.04. The molecule has 0 radical (unpaired) electrons. The summed E-state index contributed by atoms with van der Waals surface area (Å²) in [5.41, 5.74) is 10.2. The van der Waals surface area contributed by atoms with Gasteiger partial charge in [-0.2, -0.15) is 4.98 Å². The molecule has 0 unspecified atom stereocenters. The number of nitrogens with zero attached hydrogens (tertiary/aromatic N) is 4. The van der Waals surface area contributed by atoms with Crippen LogP contribution in [0.5, 0.6) is 5.75 Å². The van der Waals surface area contributed by atoms with Gasteiger partial charge in [-0.3, -0.25) is 4.90 Å². The SMILES string of the molecule is CC.CC.COc1cc(CN2CCNCC2)ccc1Cn1ccc2nc(N)nc(NC3CC3)c21. The summed E-state index contributed by atoms with van der Waals surface area (Å²) < 4.78 is 7.92. The molecule has 8 nitrogen and oxygen atoms in total. The van der Waals surface area contributed by atoms with Gasteiger partial charge in [0, 0.05) is 50.5 Å². The zero-order valence-corrected chi connectivity index (χ0v) is 21.4. The fourth-order valence-corrected chi connectivity index (χ4v) is 4.11. The number of fused-ring (bicyclic) bond motifs is 1. The van der Waals surface area contributed by atoms with Crippen LogP contribution in [0.2, 0.25) is 0 Å². The maximum Gasteiger partial charge on any atom is 0.222 e. The lowest BCUT2D eigenvalue weighted by molar-refractivity contribution is 0.233. The molecule has 0 atom stereocenters. The average molecular weight is 468 g/mol. The van der Waals surface area contributed by atoms with Gasteiger partial charge in [0.05, 0.1) is 19.2 Å². The van der Waals surface area contributed by atoms with Crippen molar-refractivity contribution in [3.8, 4) is 5.75 Å². The van der Waals surface area contributed by atoms with Crippen molar-refractivity contribution in [2.45, 2.75) is 59.7 Å². The Morgan fingerprint density at radius 2 is 1.79 bits per heavy atom. The molecule has 2 fully saturated rings. The number of benzene rings is 1. The second kappa shape index (κ2) is 12.6. The third kappa shape index (κ3) is 6.39. The lowest BCUT2D eigenvalue weighted by atomic mass is 10.1. The third-order valence-electron chi connectivity index (χ3n) is 5.85. The molecule has 1 saturated heterocycles. The number of ether oxygens (including phenoxy) is 1. The van der Waals surface area contributed by atoms with Gasteiger partial charge in [-0.1, -0.05) is 39.8 Å². The monoisotopic (exact) mass is 467 g/mol. The molecule has 1 aromatic carbocycles. The molecule has 2 aromatic heterocycles. The molecule has 5 rings (SSSR count).